The topological polar surface area (TPSA) is 117 Å². The molecule has 0 saturated heterocycles. The fraction of sp³-hybridized carbons (Fsp3) is 0.300. The predicted molar refractivity (Wildman–Crippen MR) is 153 cm³/mol. The Morgan fingerprint density at radius 3 is 2.51 bits per heavy atom. The first-order valence-corrected chi connectivity index (χ1v) is 13.8. The number of ether oxygens (including phenoxy) is 3. The first kappa shape index (κ1) is 28.0. The van der Waals surface area contributed by atoms with E-state index in [1.807, 2.05) is 32.0 Å². The van der Waals surface area contributed by atoms with Gasteiger partial charge in [-0.25, -0.2) is 9.79 Å². The molecule has 1 amide bonds. The summed E-state index contributed by atoms with van der Waals surface area (Å²) in [6.45, 7) is 7.00. The minimum absolute atomic E-state index is 0.0924. The highest BCUT2D eigenvalue weighted by atomic mass is 32.1. The number of aromatic nitrogens is 1. The fourth-order valence-corrected chi connectivity index (χ4v) is 6.09. The van der Waals surface area contributed by atoms with Crippen molar-refractivity contribution in [3.63, 3.8) is 0 Å². The van der Waals surface area contributed by atoms with Crippen LogP contribution in [0.1, 0.15) is 44.9 Å². The van der Waals surface area contributed by atoms with Crippen LogP contribution in [0, 0.1) is 5.92 Å². The zero-order chi connectivity index (χ0) is 29.6. The van der Waals surface area contributed by atoms with Gasteiger partial charge in [0.05, 0.1) is 42.3 Å². The second-order valence-corrected chi connectivity index (χ2v) is 11.1. The van der Waals surface area contributed by atoms with Gasteiger partial charge in [0.1, 0.15) is 4.53 Å². The van der Waals surface area contributed by atoms with Crippen molar-refractivity contribution in [2.45, 2.75) is 33.7 Å². The van der Waals surface area contributed by atoms with Crippen molar-refractivity contribution in [2.75, 3.05) is 25.7 Å². The van der Waals surface area contributed by atoms with E-state index in [2.05, 4.69) is 4.99 Å². The van der Waals surface area contributed by atoms with E-state index in [4.69, 9.17) is 14.2 Å². The number of allylic oxidation sites excluding steroid dienone is 1. The molecule has 10 nitrogen and oxygen atoms in total. The monoisotopic (exact) mass is 575 g/mol. The van der Waals surface area contributed by atoms with Gasteiger partial charge in [0.25, 0.3) is 11.5 Å². The number of thiazole rings is 1. The van der Waals surface area contributed by atoms with Gasteiger partial charge in [-0.05, 0) is 36.6 Å². The van der Waals surface area contributed by atoms with Crippen molar-refractivity contribution < 1.29 is 28.6 Å². The lowest BCUT2D eigenvalue weighted by atomic mass is 9.95. The number of carbonyl (C=O) groups excluding carboxylic acids is 3. The Hall–Kier alpha value is -4.51. The van der Waals surface area contributed by atoms with Crippen LogP contribution < -0.4 is 29.3 Å². The number of nitrogens with zero attached hydrogens (tertiary/aromatic N) is 3. The molecule has 1 aromatic heterocycles. The molecule has 2 aliphatic heterocycles. The lowest BCUT2D eigenvalue weighted by molar-refractivity contribution is -0.140. The molecule has 1 atom stereocenters. The van der Waals surface area contributed by atoms with E-state index in [-0.39, 0.29) is 40.0 Å². The summed E-state index contributed by atoms with van der Waals surface area (Å²) in [5.74, 6) is -0.894. The van der Waals surface area contributed by atoms with Gasteiger partial charge in [-0.15, -0.1) is 0 Å². The van der Waals surface area contributed by atoms with Gasteiger partial charge in [0.15, 0.2) is 16.3 Å². The molecule has 3 heterocycles. The fourth-order valence-electron chi connectivity index (χ4n) is 4.95. The van der Waals surface area contributed by atoms with E-state index < -0.39 is 23.5 Å². The van der Waals surface area contributed by atoms with Gasteiger partial charge >= 0.3 is 11.9 Å². The zero-order valence-corrected chi connectivity index (χ0v) is 24.3. The molecule has 2 aromatic carbocycles. The Labute approximate surface area is 239 Å². The average molecular weight is 576 g/mol. The summed E-state index contributed by atoms with van der Waals surface area (Å²) in [7, 11) is 3.09. The maximum atomic E-state index is 14.2. The molecule has 0 saturated carbocycles. The molecule has 5 rings (SSSR count). The summed E-state index contributed by atoms with van der Waals surface area (Å²) < 4.78 is 18.0. The maximum absolute atomic E-state index is 14.2. The van der Waals surface area contributed by atoms with Gasteiger partial charge in [-0.2, -0.15) is 0 Å². The highest BCUT2D eigenvalue weighted by molar-refractivity contribution is 7.07. The lowest BCUT2D eigenvalue weighted by Gasteiger charge is -2.25. The highest BCUT2D eigenvalue weighted by Crippen LogP contribution is 2.37. The summed E-state index contributed by atoms with van der Waals surface area (Å²) in [6.07, 6.45) is 0. The summed E-state index contributed by atoms with van der Waals surface area (Å²) in [5.41, 5.74) is 2.27. The van der Waals surface area contributed by atoms with Crippen LogP contribution in [0.5, 0.6) is 11.5 Å². The van der Waals surface area contributed by atoms with Crippen molar-refractivity contribution in [2.24, 2.45) is 10.9 Å². The molecule has 0 N–H and O–H groups in total. The standard InChI is InChI=1S/C30H29N3O7S/c1-15(2)14-39-29(37)23-16(3)31-30-33(25(23)18-11-12-21(40-17(4)34)22(13-18)38-6)28(36)26(41-30)24-19-9-7-8-10-20(19)32(5)27(24)35/h7-13,15,25H,14H2,1-6H3/b26-24-/t25-/m0/s1. The number of carbonyl (C=O) groups is 3. The van der Waals surface area contributed by atoms with E-state index >= 15 is 0 Å². The van der Waals surface area contributed by atoms with Crippen LogP contribution in [-0.2, 0) is 19.1 Å². The van der Waals surface area contributed by atoms with Crippen LogP contribution in [0.25, 0.3) is 5.57 Å². The maximum Gasteiger partial charge on any atom is 0.338 e. The molecule has 0 fully saturated rings. The van der Waals surface area contributed by atoms with Crippen molar-refractivity contribution in [3.8, 4) is 11.5 Å². The van der Waals surface area contributed by atoms with E-state index in [9.17, 15) is 19.2 Å². The third-order valence-corrected chi connectivity index (χ3v) is 7.86. The first-order valence-electron chi connectivity index (χ1n) is 13.0. The Morgan fingerprint density at radius 1 is 1.10 bits per heavy atom. The number of para-hydroxylation sites is 1. The van der Waals surface area contributed by atoms with Crippen LogP contribution >= 0.6 is 11.3 Å². The quantitative estimate of drug-likeness (QED) is 0.328. The summed E-state index contributed by atoms with van der Waals surface area (Å²) >= 11 is 1.10. The van der Waals surface area contributed by atoms with E-state index in [1.165, 1.54) is 23.5 Å². The molecular formula is C30H29N3O7S. The number of methoxy groups -OCH3 is 1. The molecular weight excluding hydrogens is 546 g/mol. The normalized spacial score (nSPS) is 17.3. The molecule has 11 heteroatoms. The number of amides is 1. The number of hydrogen-bond donors (Lipinski definition) is 0. The average Bonchev–Trinajstić information content (AvgIpc) is 3.38. The van der Waals surface area contributed by atoms with Gasteiger partial charge in [-0.1, -0.05) is 49.4 Å². The van der Waals surface area contributed by atoms with Crippen LogP contribution in [0.2, 0.25) is 0 Å². The van der Waals surface area contributed by atoms with Gasteiger partial charge < -0.3 is 19.1 Å². The van der Waals surface area contributed by atoms with Gasteiger partial charge in [0, 0.05) is 19.5 Å². The molecule has 0 unspecified atom stereocenters. The van der Waals surface area contributed by atoms with Crippen LogP contribution in [0.15, 0.2) is 63.5 Å². The molecule has 41 heavy (non-hydrogen) atoms. The van der Waals surface area contributed by atoms with Crippen molar-refractivity contribution in [3.05, 3.63) is 84.5 Å². The van der Waals surface area contributed by atoms with Gasteiger partial charge in [-0.3, -0.25) is 19.0 Å². The van der Waals surface area contributed by atoms with E-state index in [1.54, 1.807) is 38.2 Å². The third-order valence-electron chi connectivity index (χ3n) is 6.80. The zero-order valence-electron chi connectivity index (χ0n) is 23.5. The Bertz CT molecular complexity index is 1820. The Kier molecular flexibility index (Phi) is 7.39. The van der Waals surface area contributed by atoms with Crippen molar-refractivity contribution >= 4 is 40.4 Å². The Morgan fingerprint density at radius 2 is 1.83 bits per heavy atom. The molecule has 2 aliphatic rings. The smallest absolute Gasteiger partial charge is 0.338 e. The minimum Gasteiger partial charge on any atom is -0.493 e. The molecule has 0 aliphatic carbocycles. The number of esters is 2. The first-order chi connectivity index (χ1) is 19.5. The summed E-state index contributed by atoms with van der Waals surface area (Å²) in [5, 5.41) is 0. The molecule has 0 bridgehead atoms. The molecule has 212 valence electrons. The summed E-state index contributed by atoms with van der Waals surface area (Å²) in [6, 6.07) is 11.2. The highest BCUT2D eigenvalue weighted by Gasteiger charge is 2.37. The van der Waals surface area contributed by atoms with E-state index in [0.717, 1.165) is 11.3 Å². The van der Waals surface area contributed by atoms with Gasteiger partial charge in [0.2, 0.25) is 0 Å². The minimum atomic E-state index is -0.940. The molecule has 0 radical (unpaired) electrons. The number of anilines is 1. The Balaban J connectivity index is 1.77. The number of fused-ring (bicyclic) bond motifs is 2. The molecule has 0 spiro atoms. The van der Waals surface area contributed by atoms with Crippen molar-refractivity contribution in [1.82, 2.24) is 4.57 Å². The number of likely N-dealkylation sites (N-methyl/N-ethyl adjacent to an activating group) is 1. The van der Waals surface area contributed by atoms with Crippen LogP contribution in [-0.4, -0.2) is 43.2 Å². The SMILES string of the molecule is COc1cc([C@H]2C(C(=O)OCC(C)C)=C(C)N=c3s/c(=C4\C(=O)N(C)c5ccccc54)c(=O)n32)ccc1OC(C)=O. The third kappa shape index (κ3) is 4.86. The largest absolute Gasteiger partial charge is 0.493 e. The lowest BCUT2D eigenvalue weighted by Crippen LogP contribution is -2.41. The second-order valence-electron chi connectivity index (χ2n) is 10.2. The predicted octanol–water partition coefficient (Wildman–Crippen LogP) is 2.71. The number of benzene rings is 2. The van der Waals surface area contributed by atoms with Crippen LogP contribution in [0.4, 0.5) is 5.69 Å². The van der Waals surface area contributed by atoms with Crippen molar-refractivity contribution in [1.29, 1.82) is 0 Å². The second kappa shape index (κ2) is 10.8. The summed E-state index contributed by atoms with van der Waals surface area (Å²) in [4.78, 5) is 59.1. The number of hydrogen-bond acceptors (Lipinski definition) is 9. The van der Waals surface area contributed by atoms with Crippen LogP contribution in [0.3, 0.4) is 0 Å². The number of rotatable bonds is 6. The van der Waals surface area contributed by atoms with E-state index in [0.29, 0.717) is 32.9 Å². The molecule has 3 aromatic rings.